The molecule has 0 fully saturated rings. The summed E-state index contributed by atoms with van der Waals surface area (Å²) >= 11 is 11.5. The van der Waals surface area contributed by atoms with Crippen LogP contribution in [0.1, 0.15) is 17.3 Å². The molecule has 21 heavy (non-hydrogen) atoms. The van der Waals surface area contributed by atoms with Gasteiger partial charge in [0.05, 0.1) is 0 Å². The average molecular weight is 323 g/mol. The Bertz CT molecular complexity index is 648. The first-order valence-corrected chi connectivity index (χ1v) is 7.00. The average Bonchev–Trinajstić information content (AvgIpc) is 2.49. The molecule has 5 heteroatoms. The Kier molecular flexibility index (Phi) is 4.99. The van der Waals surface area contributed by atoms with Gasteiger partial charge in [-0.2, -0.15) is 0 Å². The molecule has 0 heterocycles. The molecule has 0 saturated carbocycles. The molecule has 0 saturated heterocycles. The second kappa shape index (κ2) is 6.74. The van der Waals surface area contributed by atoms with Gasteiger partial charge >= 0.3 is 5.97 Å². The predicted octanol–water partition coefficient (Wildman–Crippen LogP) is 4.42. The van der Waals surface area contributed by atoms with Gasteiger partial charge in [-0.3, -0.25) is 9.59 Å². The molecule has 0 aromatic heterocycles. The molecule has 3 nitrogen and oxygen atoms in total. The van der Waals surface area contributed by atoms with Crippen LogP contribution in [0.4, 0.5) is 0 Å². The third-order valence-electron chi connectivity index (χ3n) is 2.91. The Balaban J connectivity index is 2.06. The lowest BCUT2D eigenvalue weighted by atomic mass is 10.00. The van der Waals surface area contributed by atoms with E-state index in [1.54, 1.807) is 48.5 Å². The summed E-state index contributed by atoms with van der Waals surface area (Å²) in [7, 11) is 0. The Labute approximate surface area is 132 Å². The standard InChI is InChI=1S/C16H12Cl2O3/c1-10(15(19)11-2-4-12(17)5-3-11)16(20)21-14-8-6-13(18)7-9-14/h2-10H,1H3. The molecule has 2 aromatic carbocycles. The Morgan fingerprint density at radius 1 is 0.905 bits per heavy atom. The molecular weight excluding hydrogens is 311 g/mol. The highest BCUT2D eigenvalue weighted by molar-refractivity contribution is 6.31. The van der Waals surface area contributed by atoms with Gasteiger partial charge in [0.25, 0.3) is 0 Å². The number of Topliss-reactive ketones (excluding diaryl/α,β-unsaturated/α-hetero) is 1. The first kappa shape index (κ1) is 15.5. The molecule has 2 rings (SSSR count). The van der Waals surface area contributed by atoms with Crippen molar-refractivity contribution in [1.29, 1.82) is 0 Å². The molecule has 0 bridgehead atoms. The number of esters is 1. The van der Waals surface area contributed by atoms with Gasteiger partial charge in [0.2, 0.25) is 0 Å². The lowest BCUT2D eigenvalue weighted by Gasteiger charge is -2.10. The van der Waals surface area contributed by atoms with E-state index in [2.05, 4.69) is 0 Å². The fourth-order valence-electron chi connectivity index (χ4n) is 1.68. The monoisotopic (exact) mass is 322 g/mol. The molecule has 2 aromatic rings. The largest absolute Gasteiger partial charge is 0.426 e. The number of halogens is 2. The number of carbonyl (C=O) groups excluding carboxylic acids is 2. The second-order valence-electron chi connectivity index (χ2n) is 4.47. The number of benzene rings is 2. The molecule has 0 spiro atoms. The first-order chi connectivity index (χ1) is 9.97. The summed E-state index contributed by atoms with van der Waals surface area (Å²) in [5, 5.41) is 1.07. The van der Waals surface area contributed by atoms with E-state index in [1.165, 1.54) is 6.92 Å². The maximum atomic E-state index is 12.2. The molecule has 0 radical (unpaired) electrons. The fraction of sp³-hybridized carbons (Fsp3) is 0.125. The molecule has 108 valence electrons. The van der Waals surface area contributed by atoms with Crippen LogP contribution in [0.2, 0.25) is 10.0 Å². The van der Waals surface area contributed by atoms with Crippen LogP contribution in [-0.2, 0) is 4.79 Å². The third kappa shape index (κ3) is 4.06. The summed E-state index contributed by atoms with van der Waals surface area (Å²) < 4.78 is 5.15. The molecule has 0 amide bonds. The normalized spacial score (nSPS) is 11.8. The summed E-state index contributed by atoms with van der Waals surface area (Å²) in [6.45, 7) is 1.51. The van der Waals surface area contributed by atoms with Crippen molar-refractivity contribution in [2.75, 3.05) is 0 Å². The summed E-state index contributed by atoms with van der Waals surface area (Å²) in [6, 6.07) is 12.7. The van der Waals surface area contributed by atoms with E-state index in [-0.39, 0.29) is 5.78 Å². The highest BCUT2D eigenvalue weighted by atomic mass is 35.5. The molecular formula is C16H12Cl2O3. The van der Waals surface area contributed by atoms with E-state index in [1.807, 2.05) is 0 Å². The summed E-state index contributed by atoms with van der Waals surface area (Å²) in [5.74, 6) is -1.48. The van der Waals surface area contributed by atoms with Crippen LogP contribution >= 0.6 is 23.2 Å². The highest BCUT2D eigenvalue weighted by Crippen LogP contribution is 2.19. The third-order valence-corrected chi connectivity index (χ3v) is 3.41. The van der Waals surface area contributed by atoms with Crippen LogP contribution in [-0.4, -0.2) is 11.8 Å². The van der Waals surface area contributed by atoms with E-state index >= 15 is 0 Å². The minimum absolute atomic E-state index is 0.314. The van der Waals surface area contributed by atoms with Crippen LogP contribution in [0.3, 0.4) is 0 Å². The number of hydrogen-bond donors (Lipinski definition) is 0. The van der Waals surface area contributed by atoms with Crippen molar-refractivity contribution in [3.05, 3.63) is 64.1 Å². The minimum atomic E-state index is -0.901. The fourth-order valence-corrected chi connectivity index (χ4v) is 1.93. The van der Waals surface area contributed by atoms with E-state index in [9.17, 15) is 9.59 Å². The maximum Gasteiger partial charge on any atom is 0.321 e. The molecule has 0 aliphatic carbocycles. The first-order valence-electron chi connectivity index (χ1n) is 6.24. The zero-order chi connectivity index (χ0) is 15.4. The zero-order valence-corrected chi connectivity index (χ0v) is 12.7. The van der Waals surface area contributed by atoms with Crippen molar-refractivity contribution in [3.63, 3.8) is 0 Å². The van der Waals surface area contributed by atoms with Gasteiger partial charge in [-0.25, -0.2) is 0 Å². The minimum Gasteiger partial charge on any atom is -0.426 e. The van der Waals surface area contributed by atoms with Crippen molar-refractivity contribution in [2.45, 2.75) is 6.92 Å². The van der Waals surface area contributed by atoms with Crippen molar-refractivity contribution < 1.29 is 14.3 Å². The number of rotatable bonds is 4. The SMILES string of the molecule is CC(C(=O)Oc1ccc(Cl)cc1)C(=O)c1ccc(Cl)cc1. The van der Waals surface area contributed by atoms with Gasteiger partial charge in [-0.05, 0) is 55.5 Å². The lowest BCUT2D eigenvalue weighted by molar-refractivity contribution is -0.136. The van der Waals surface area contributed by atoms with Crippen molar-refractivity contribution in [1.82, 2.24) is 0 Å². The molecule has 0 aliphatic heterocycles. The topological polar surface area (TPSA) is 43.4 Å². The Morgan fingerprint density at radius 2 is 1.38 bits per heavy atom. The number of ketones is 1. The van der Waals surface area contributed by atoms with Crippen LogP contribution in [0.25, 0.3) is 0 Å². The van der Waals surface area contributed by atoms with Crippen LogP contribution < -0.4 is 4.74 Å². The van der Waals surface area contributed by atoms with Gasteiger partial charge < -0.3 is 4.74 Å². The van der Waals surface area contributed by atoms with Gasteiger partial charge in [-0.1, -0.05) is 23.2 Å². The van der Waals surface area contributed by atoms with Gasteiger partial charge in [-0.15, -0.1) is 0 Å². The maximum absolute atomic E-state index is 12.2. The van der Waals surface area contributed by atoms with Crippen molar-refractivity contribution in [3.8, 4) is 5.75 Å². The summed E-state index contributed by atoms with van der Waals surface area (Å²) in [4.78, 5) is 24.2. The van der Waals surface area contributed by atoms with Crippen LogP contribution in [0.5, 0.6) is 5.75 Å². The molecule has 1 unspecified atom stereocenters. The Morgan fingerprint density at radius 3 is 1.90 bits per heavy atom. The Hall–Kier alpha value is -1.84. The predicted molar refractivity (Wildman–Crippen MR) is 82.0 cm³/mol. The summed E-state index contributed by atoms with van der Waals surface area (Å²) in [5.41, 5.74) is 0.417. The quantitative estimate of drug-likeness (QED) is 0.362. The lowest BCUT2D eigenvalue weighted by Crippen LogP contribution is -2.25. The van der Waals surface area contributed by atoms with Gasteiger partial charge in [0, 0.05) is 15.6 Å². The molecule has 0 aliphatic rings. The van der Waals surface area contributed by atoms with Crippen molar-refractivity contribution >= 4 is 35.0 Å². The van der Waals surface area contributed by atoms with E-state index in [4.69, 9.17) is 27.9 Å². The molecule has 1 atom stereocenters. The van der Waals surface area contributed by atoms with Crippen LogP contribution in [0.15, 0.2) is 48.5 Å². The number of ether oxygens (including phenoxy) is 1. The van der Waals surface area contributed by atoms with Crippen LogP contribution in [0, 0.1) is 5.92 Å². The van der Waals surface area contributed by atoms with E-state index in [0.29, 0.717) is 21.4 Å². The van der Waals surface area contributed by atoms with Crippen molar-refractivity contribution in [2.24, 2.45) is 5.92 Å². The zero-order valence-electron chi connectivity index (χ0n) is 11.2. The van der Waals surface area contributed by atoms with Gasteiger partial charge in [0.15, 0.2) is 5.78 Å². The smallest absolute Gasteiger partial charge is 0.321 e. The van der Waals surface area contributed by atoms with Gasteiger partial charge in [0.1, 0.15) is 11.7 Å². The summed E-state index contributed by atoms with van der Waals surface area (Å²) in [6.07, 6.45) is 0. The number of hydrogen-bond acceptors (Lipinski definition) is 3. The van der Waals surface area contributed by atoms with E-state index in [0.717, 1.165) is 0 Å². The second-order valence-corrected chi connectivity index (χ2v) is 5.34. The highest BCUT2D eigenvalue weighted by Gasteiger charge is 2.24. The molecule has 0 N–H and O–H groups in total. The van der Waals surface area contributed by atoms with E-state index < -0.39 is 11.9 Å². The number of carbonyl (C=O) groups is 2.